The van der Waals surface area contributed by atoms with Crippen molar-refractivity contribution >= 4 is 39.9 Å². The maximum atomic E-state index is 4.86. The van der Waals surface area contributed by atoms with Gasteiger partial charge in [0.2, 0.25) is 0 Å². The third kappa shape index (κ3) is 17.3. The first-order valence-corrected chi connectivity index (χ1v) is 33.8. The highest BCUT2D eigenvalue weighted by Gasteiger charge is 2.31. The highest BCUT2D eigenvalue weighted by atomic mass is 15.5. The van der Waals surface area contributed by atoms with Crippen LogP contribution in [0.3, 0.4) is 0 Å². The van der Waals surface area contributed by atoms with E-state index in [1.807, 2.05) is 241 Å². The molecule has 0 bridgehead atoms. The zero-order chi connectivity index (χ0) is 69.5. The van der Waals surface area contributed by atoms with Crippen LogP contribution in [0.4, 0.5) is 22.7 Å². The van der Waals surface area contributed by atoms with Gasteiger partial charge >= 0.3 is 0 Å². The van der Waals surface area contributed by atoms with Gasteiger partial charge in [0, 0.05) is 82.2 Å². The number of para-hydroxylation sites is 4. The fourth-order valence-corrected chi connectivity index (χ4v) is 11.7. The zero-order valence-corrected chi connectivity index (χ0v) is 56.1. The predicted octanol–water partition coefficient (Wildman–Crippen LogP) is 16.3. The quantitative estimate of drug-likeness (QED) is 0.0558. The lowest BCUT2D eigenvalue weighted by atomic mass is 10.0. The molecule has 0 saturated carbocycles. The van der Waals surface area contributed by atoms with E-state index < -0.39 is 0 Å². The van der Waals surface area contributed by atoms with Crippen molar-refractivity contribution in [3.8, 4) is 33.9 Å². The third-order valence-electron chi connectivity index (χ3n) is 16.7. The Morgan fingerprint density at radius 1 is 0.369 bits per heavy atom. The molecule has 8 heterocycles. The van der Waals surface area contributed by atoms with Crippen molar-refractivity contribution in [3.05, 3.63) is 392 Å². The van der Waals surface area contributed by atoms with E-state index in [0.29, 0.717) is 26.2 Å². The summed E-state index contributed by atoms with van der Waals surface area (Å²) in [5.74, 6) is 0.742. The van der Waals surface area contributed by atoms with E-state index in [1.54, 1.807) is 53.0 Å². The molecule has 502 valence electrons. The first kappa shape index (κ1) is 66.3. The number of rotatable bonds is 20. The summed E-state index contributed by atoms with van der Waals surface area (Å²) in [6.45, 7) is 2.49. The molecule has 7 aromatic heterocycles. The summed E-state index contributed by atoms with van der Waals surface area (Å²) in [7, 11) is 0. The van der Waals surface area contributed by atoms with Crippen LogP contribution < -0.4 is 21.3 Å². The summed E-state index contributed by atoms with van der Waals surface area (Å²) in [4.78, 5) is 29.6. The molecule has 0 saturated heterocycles. The molecule has 4 N–H and O–H groups in total. The number of anilines is 4. The average Bonchev–Trinajstić information content (AvgIpc) is 1.61. The molecule has 0 radical (unpaired) electrons. The van der Waals surface area contributed by atoms with Crippen molar-refractivity contribution in [3.63, 3.8) is 0 Å². The van der Waals surface area contributed by atoms with Gasteiger partial charge in [-0.3, -0.25) is 24.9 Å². The third-order valence-corrected chi connectivity index (χ3v) is 16.7. The fraction of sp³-hybridized carbons (Fsp3) is 0.0714. The fourth-order valence-electron chi connectivity index (χ4n) is 11.7. The van der Waals surface area contributed by atoms with Crippen molar-refractivity contribution in [1.29, 1.82) is 0 Å². The molecule has 19 heteroatoms. The molecule has 15 aromatic rings. The molecule has 8 aromatic carbocycles. The van der Waals surface area contributed by atoms with Crippen LogP contribution in [0, 0.1) is 0 Å². The Morgan fingerprint density at radius 3 is 1.38 bits per heavy atom. The number of aliphatic imine (C=N–C) groups is 2. The summed E-state index contributed by atoms with van der Waals surface area (Å²) < 4.78 is 1.94. The Hall–Kier alpha value is -13.9. The second-order valence-electron chi connectivity index (χ2n) is 23.8. The summed E-state index contributed by atoms with van der Waals surface area (Å²) in [5.41, 5.74) is 20.0. The Bertz CT molecular complexity index is 5170. The van der Waals surface area contributed by atoms with Gasteiger partial charge in [-0.2, -0.15) is 10.2 Å². The highest BCUT2D eigenvalue weighted by Crippen LogP contribution is 2.38. The van der Waals surface area contributed by atoms with E-state index in [9.17, 15) is 0 Å². The second kappa shape index (κ2) is 33.5. The van der Waals surface area contributed by atoms with Gasteiger partial charge in [0.1, 0.15) is 45.9 Å². The topological polar surface area (TPSA) is 217 Å². The number of nitrogens with one attached hydrogen (secondary N) is 4. The van der Waals surface area contributed by atoms with E-state index in [0.717, 1.165) is 119 Å². The lowest BCUT2D eigenvalue weighted by Gasteiger charge is -2.12. The minimum absolute atomic E-state index is 0.0389. The van der Waals surface area contributed by atoms with E-state index in [1.165, 1.54) is 0 Å². The lowest BCUT2D eigenvalue weighted by molar-refractivity contribution is 0.653. The number of fused-ring (bicyclic) bond motifs is 1. The number of hydrogen-bond acceptors (Lipinski definition) is 16. The summed E-state index contributed by atoms with van der Waals surface area (Å²) in [6, 6.07) is 96.9. The summed E-state index contributed by atoms with van der Waals surface area (Å²) in [6.07, 6.45) is 16.4. The van der Waals surface area contributed by atoms with Gasteiger partial charge in [-0.15, -0.1) is 24.9 Å². The van der Waals surface area contributed by atoms with Crippen LogP contribution in [0.2, 0.25) is 0 Å². The number of pyridine rings is 4. The smallest absolute Gasteiger partial charge is 0.157 e. The van der Waals surface area contributed by atoms with Gasteiger partial charge in [-0.25, -0.2) is 9.67 Å². The molecule has 0 spiro atoms. The van der Waals surface area contributed by atoms with Crippen LogP contribution in [-0.2, 0) is 19.6 Å². The van der Waals surface area contributed by atoms with E-state index in [-0.39, 0.29) is 12.1 Å². The Labute approximate surface area is 596 Å². The van der Waals surface area contributed by atoms with Crippen LogP contribution in [0.5, 0.6) is 0 Å². The Kier molecular flexibility index (Phi) is 21.6. The van der Waals surface area contributed by atoms with E-state index in [2.05, 4.69) is 128 Å². The number of nitrogens with zero attached hydrogens (tertiary/aromatic N) is 15. The van der Waals surface area contributed by atoms with Crippen molar-refractivity contribution in [1.82, 2.24) is 64.9 Å². The monoisotopic (exact) mass is 1350 g/mol. The van der Waals surface area contributed by atoms with Crippen molar-refractivity contribution in [2.75, 3.05) is 27.8 Å². The SMILES string of the molecule is C1=C(c2ccccc2)c2nn(-c3cccnc3)nc2C1Nc1ccccc1.c1ccc(NCC2=NC(c3cccnc3)=NC2c2ccccc2)cc1.c1ccc(NCc2nn(-c3cccnc3)nc2-c2ccccc2)cc1.c1ccc(NCc2nnn(Cc3cccnc3)c2-c2ccccc2)cc1. The average molecular weight is 1350 g/mol. The Balaban J connectivity index is 0.000000116. The maximum Gasteiger partial charge on any atom is 0.157 e. The molecular weight excluding hydrogens is 1280 g/mol. The highest BCUT2D eigenvalue weighted by molar-refractivity contribution is 6.14. The number of amidine groups is 1. The number of benzene rings is 8. The normalized spacial score (nSPS) is 13.2. The molecule has 2 aliphatic rings. The van der Waals surface area contributed by atoms with E-state index in [4.69, 9.17) is 20.2 Å². The first-order valence-electron chi connectivity index (χ1n) is 33.8. The lowest BCUT2D eigenvalue weighted by Crippen LogP contribution is -2.18. The molecule has 0 amide bonds. The largest absolute Gasteiger partial charge is 0.380 e. The number of aromatic nitrogens is 13. The van der Waals surface area contributed by atoms with Crippen LogP contribution in [0.25, 0.3) is 39.5 Å². The molecule has 2 unspecified atom stereocenters. The van der Waals surface area contributed by atoms with Crippen molar-refractivity contribution < 1.29 is 0 Å². The molecule has 1 aliphatic carbocycles. The first-order chi connectivity index (χ1) is 51.1. The predicted molar refractivity (Wildman–Crippen MR) is 409 cm³/mol. The van der Waals surface area contributed by atoms with E-state index >= 15 is 0 Å². The standard InChI is InChI=1S/C22H17N5.C21H19N5.C21H18N4.C20H17N5/c1-3-8-16(9-4-1)19-14-20(24-17-10-5-2-6-11-17)22-21(19)25-27(26-22)18-12-7-13-23-15-18;1-3-9-18(10-4-1)21-20(15-23-19-11-5-2-6-12-19)24-25-26(21)16-17-8-7-13-22-14-17;1-3-8-16(9-4-1)20-19(15-23-18-11-5-2-6-12-18)24-21(25-20)17-10-7-13-22-14-17;1-3-8-16(9-4-1)20-19(15-22-17-10-5-2-6-11-17)23-25(24-20)18-12-7-13-21-14-18/h1-15,20,24H;1-14,23H,15-16H2;1-14,20,23H,15H2;1-14,22H,15H2. The van der Waals surface area contributed by atoms with Crippen molar-refractivity contribution in [2.45, 2.75) is 31.7 Å². The Morgan fingerprint density at radius 2 is 0.835 bits per heavy atom. The van der Waals surface area contributed by atoms with Crippen LogP contribution in [0.1, 0.15) is 57.1 Å². The van der Waals surface area contributed by atoms with Crippen molar-refractivity contribution in [2.24, 2.45) is 9.98 Å². The summed E-state index contributed by atoms with van der Waals surface area (Å²) in [5, 5.41) is 41.5. The maximum absolute atomic E-state index is 4.86. The number of hydrogen-bond donors (Lipinski definition) is 4. The molecule has 103 heavy (non-hydrogen) atoms. The molecule has 17 rings (SSSR count). The van der Waals surface area contributed by atoms with Gasteiger partial charge in [0.05, 0.1) is 56.0 Å². The van der Waals surface area contributed by atoms with Gasteiger partial charge in [0.15, 0.2) is 5.84 Å². The zero-order valence-electron chi connectivity index (χ0n) is 56.1. The van der Waals surface area contributed by atoms with Crippen LogP contribution in [-0.4, -0.2) is 83.0 Å². The minimum atomic E-state index is -0.0624. The van der Waals surface area contributed by atoms with Gasteiger partial charge < -0.3 is 21.3 Å². The molecule has 1 aliphatic heterocycles. The van der Waals surface area contributed by atoms with Gasteiger partial charge in [-0.1, -0.05) is 205 Å². The molecular formula is C84H71N19. The van der Waals surface area contributed by atoms with Crippen LogP contribution in [0.15, 0.2) is 357 Å². The van der Waals surface area contributed by atoms with Gasteiger partial charge in [-0.05, 0) is 114 Å². The molecule has 0 fully saturated rings. The molecule has 2 atom stereocenters. The molecule has 19 nitrogen and oxygen atoms in total. The summed E-state index contributed by atoms with van der Waals surface area (Å²) >= 11 is 0. The van der Waals surface area contributed by atoms with Gasteiger partial charge in [0.25, 0.3) is 0 Å². The minimum Gasteiger partial charge on any atom is -0.380 e. The van der Waals surface area contributed by atoms with Crippen LogP contribution >= 0.6 is 0 Å². The second-order valence-corrected chi connectivity index (χ2v) is 23.8.